The molecule has 0 aliphatic carbocycles. The van der Waals surface area contributed by atoms with Crippen LogP contribution >= 0.6 is 0 Å². The van der Waals surface area contributed by atoms with Crippen LogP contribution < -0.4 is 10.1 Å². The Labute approximate surface area is 166 Å². The Hall–Kier alpha value is -3.53. The predicted octanol–water partition coefficient (Wildman–Crippen LogP) is 3.94. The second-order valence-electron chi connectivity index (χ2n) is 6.13. The lowest BCUT2D eigenvalue weighted by Crippen LogP contribution is -2.07. The third kappa shape index (κ3) is 5.26. The van der Waals surface area contributed by atoms with Crippen LogP contribution in [0.2, 0.25) is 0 Å². The number of aromatic nitrogens is 1. The molecule has 0 saturated carbocycles. The minimum Gasteiger partial charge on any atom is -0.439 e. The molecule has 150 valence electrons. The van der Waals surface area contributed by atoms with Crippen molar-refractivity contribution < 1.29 is 22.5 Å². The van der Waals surface area contributed by atoms with Gasteiger partial charge in [-0.25, -0.2) is 17.8 Å². The van der Waals surface area contributed by atoms with Crippen molar-refractivity contribution in [2.75, 3.05) is 11.6 Å². The number of rotatable bonds is 7. The number of nitrogens with zero attached hydrogens (tertiary/aromatic N) is 2. The quantitative estimate of drug-likeness (QED) is 0.458. The smallest absolute Gasteiger partial charge is 0.270 e. The maximum absolute atomic E-state index is 13.2. The summed E-state index contributed by atoms with van der Waals surface area (Å²) in [7, 11) is -3.67. The SMILES string of the molecule is CS(=O)(=O)c1cc([N+](=O)[O-])ccc1NCc1ccc(Oc2cccc(F)c2)nc1. The number of anilines is 1. The third-order valence-electron chi connectivity index (χ3n) is 3.87. The first-order chi connectivity index (χ1) is 13.7. The zero-order valence-electron chi connectivity index (χ0n) is 15.2. The van der Waals surface area contributed by atoms with Crippen LogP contribution in [-0.2, 0) is 16.4 Å². The summed E-state index contributed by atoms with van der Waals surface area (Å²) in [5.41, 5.74) is 0.657. The number of benzene rings is 2. The molecule has 0 amide bonds. The van der Waals surface area contributed by atoms with E-state index in [1.54, 1.807) is 18.2 Å². The molecule has 1 aromatic heterocycles. The largest absolute Gasteiger partial charge is 0.439 e. The van der Waals surface area contributed by atoms with Gasteiger partial charge >= 0.3 is 0 Å². The Morgan fingerprint density at radius 1 is 1.17 bits per heavy atom. The van der Waals surface area contributed by atoms with Crippen LogP contribution in [-0.4, -0.2) is 24.6 Å². The highest BCUT2D eigenvalue weighted by atomic mass is 32.2. The molecule has 29 heavy (non-hydrogen) atoms. The Morgan fingerprint density at radius 2 is 1.97 bits per heavy atom. The lowest BCUT2D eigenvalue weighted by Gasteiger charge is -2.11. The van der Waals surface area contributed by atoms with Crippen LogP contribution in [0, 0.1) is 15.9 Å². The number of nitrogens with one attached hydrogen (secondary N) is 1. The molecule has 0 aliphatic heterocycles. The zero-order chi connectivity index (χ0) is 21.0. The molecule has 0 bridgehead atoms. The molecule has 1 heterocycles. The van der Waals surface area contributed by atoms with Gasteiger partial charge in [-0.05, 0) is 23.8 Å². The summed E-state index contributed by atoms with van der Waals surface area (Å²) in [5, 5.41) is 13.8. The Bertz CT molecular complexity index is 1150. The molecular weight excluding hydrogens is 401 g/mol. The lowest BCUT2D eigenvalue weighted by molar-refractivity contribution is -0.385. The average Bonchev–Trinajstić information content (AvgIpc) is 2.66. The second-order valence-corrected chi connectivity index (χ2v) is 8.11. The first-order valence-corrected chi connectivity index (χ1v) is 10.2. The van der Waals surface area contributed by atoms with Gasteiger partial charge in [0, 0.05) is 43.3 Å². The van der Waals surface area contributed by atoms with Crippen molar-refractivity contribution >= 4 is 21.2 Å². The van der Waals surface area contributed by atoms with Crippen LogP contribution in [0.1, 0.15) is 5.56 Å². The van der Waals surface area contributed by atoms with Crippen molar-refractivity contribution in [2.45, 2.75) is 11.4 Å². The van der Waals surface area contributed by atoms with Crippen LogP contribution in [0.25, 0.3) is 0 Å². The van der Waals surface area contributed by atoms with E-state index in [-0.39, 0.29) is 28.7 Å². The summed E-state index contributed by atoms with van der Waals surface area (Å²) < 4.78 is 42.6. The zero-order valence-corrected chi connectivity index (χ0v) is 16.0. The van der Waals surface area contributed by atoms with Crippen molar-refractivity contribution in [2.24, 2.45) is 0 Å². The number of ether oxygens (including phenoxy) is 1. The van der Waals surface area contributed by atoms with Gasteiger partial charge in [0.15, 0.2) is 9.84 Å². The van der Waals surface area contributed by atoms with Crippen molar-refractivity contribution in [3.05, 3.63) is 82.3 Å². The van der Waals surface area contributed by atoms with Gasteiger partial charge in [-0.15, -0.1) is 0 Å². The normalized spacial score (nSPS) is 11.1. The standard InChI is InChI=1S/C19H16FN3O5S/c1-29(26,27)18-10-15(23(24)25)6-7-17(18)21-11-13-5-8-19(22-12-13)28-16-4-2-3-14(20)9-16/h2-10,12,21H,11H2,1H3. The fourth-order valence-electron chi connectivity index (χ4n) is 2.50. The van der Waals surface area contributed by atoms with Crippen molar-refractivity contribution in [1.82, 2.24) is 4.98 Å². The summed E-state index contributed by atoms with van der Waals surface area (Å²) in [4.78, 5) is 14.2. The molecule has 0 radical (unpaired) electrons. The molecule has 2 aromatic carbocycles. The highest BCUT2D eigenvalue weighted by molar-refractivity contribution is 7.90. The number of halogens is 1. The van der Waals surface area contributed by atoms with E-state index in [4.69, 9.17) is 4.74 Å². The molecule has 3 aromatic rings. The second kappa shape index (κ2) is 8.23. The molecule has 0 saturated heterocycles. The van der Waals surface area contributed by atoms with Gasteiger partial charge in [-0.1, -0.05) is 12.1 Å². The summed E-state index contributed by atoms with van der Waals surface area (Å²) in [6.45, 7) is 0.230. The van der Waals surface area contributed by atoms with E-state index in [2.05, 4.69) is 10.3 Å². The van der Waals surface area contributed by atoms with Gasteiger partial charge in [0.2, 0.25) is 5.88 Å². The van der Waals surface area contributed by atoms with Crippen LogP contribution in [0.15, 0.2) is 65.7 Å². The van der Waals surface area contributed by atoms with E-state index in [9.17, 15) is 22.9 Å². The minimum absolute atomic E-state index is 0.161. The molecule has 1 N–H and O–H groups in total. The van der Waals surface area contributed by atoms with Gasteiger partial charge in [-0.2, -0.15) is 0 Å². The van der Waals surface area contributed by atoms with E-state index in [1.165, 1.54) is 36.5 Å². The van der Waals surface area contributed by atoms with E-state index >= 15 is 0 Å². The third-order valence-corrected chi connectivity index (χ3v) is 5.01. The van der Waals surface area contributed by atoms with Crippen LogP contribution in [0.5, 0.6) is 11.6 Å². The van der Waals surface area contributed by atoms with Crippen molar-refractivity contribution in [3.63, 3.8) is 0 Å². The molecule has 0 aliphatic rings. The van der Waals surface area contributed by atoms with Crippen LogP contribution in [0.3, 0.4) is 0 Å². The van der Waals surface area contributed by atoms with Gasteiger partial charge in [0.25, 0.3) is 5.69 Å². The van der Waals surface area contributed by atoms with Crippen LogP contribution in [0.4, 0.5) is 15.8 Å². The summed E-state index contributed by atoms with van der Waals surface area (Å²) in [5.74, 6) is 0.159. The van der Waals surface area contributed by atoms with Crippen molar-refractivity contribution in [1.29, 1.82) is 0 Å². The number of sulfone groups is 1. The van der Waals surface area contributed by atoms with Gasteiger partial charge in [0.1, 0.15) is 11.6 Å². The fourth-order valence-corrected chi connectivity index (χ4v) is 3.38. The molecule has 10 heteroatoms. The maximum atomic E-state index is 13.2. The molecule has 0 atom stereocenters. The average molecular weight is 417 g/mol. The van der Waals surface area contributed by atoms with E-state index in [0.29, 0.717) is 5.75 Å². The fraction of sp³-hybridized carbons (Fsp3) is 0.105. The Balaban J connectivity index is 1.72. The predicted molar refractivity (Wildman–Crippen MR) is 104 cm³/mol. The number of hydrogen-bond acceptors (Lipinski definition) is 7. The first-order valence-electron chi connectivity index (χ1n) is 8.33. The van der Waals surface area contributed by atoms with Gasteiger partial charge in [-0.3, -0.25) is 10.1 Å². The number of non-ortho nitro benzene ring substituents is 1. The van der Waals surface area contributed by atoms with Gasteiger partial charge < -0.3 is 10.1 Å². The summed E-state index contributed by atoms with van der Waals surface area (Å²) >= 11 is 0. The molecule has 0 unspecified atom stereocenters. The molecule has 0 spiro atoms. The molecule has 0 fully saturated rings. The Morgan fingerprint density at radius 3 is 2.59 bits per heavy atom. The first kappa shape index (κ1) is 20.2. The number of hydrogen-bond donors (Lipinski definition) is 1. The minimum atomic E-state index is -3.67. The Kier molecular flexibility index (Phi) is 5.74. The molecule has 8 nitrogen and oxygen atoms in total. The van der Waals surface area contributed by atoms with E-state index < -0.39 is 20.6 Å². The number of nitro benzene ring substituents is 1. The van der Waals surface area contributed by atoms with Gasteiger partial charge in [0.05, 0.1) is 15.5 Å². The summed E-state index contributed by atoms with van der Waals surface area (Å²) in [6.07, 6.45) is 2.50. The number of nitro groups is 1. The lowest BCUT2D eigenvalue weighted by atomic mass is 10.2. The topological polar surface area (TPSA) is 111 Å². The maximum Gasteiger partial charge on any atom is 0.270 e. The monoisotopic (exact) mass is 417 g/mol. The number of pyridine rings is 1. The van der Waals surface area contributed by atoms with E-state index in [0.717, 1.165) is 17.9 Å². The highest BCUT2D eigenvalue weighted by Crippen LogP contribution is 2.27. The summed E-state index contributed by atoms with van der Waals surface area (Å²) in [6, 6.07) is 12.6. The molecular formula is C19H16FN3O5S. The highest BCUT2D eigenvalue weighted by Gasteiger charge is 2.18. The van der Waals surface area contributed by atoms with Crippen molar-refractivity contribution in [3.8, 4) is 11.6 Å². The van der Waals surface area contributed by atoms with E-state index in [1.807, 2.05) is 0 Å². The molecule has 3 rings (SSSR count).